The number of carbonyl (C=O) groups excluding carboxylic acids is 1. The third-order valence-electron chi connectivity index (χ3n) is 5.44. The second kappa shape index (κ2) is 10.1. The number of carboxylic acids is 1. The van der Waals surface area contributed by atoms with Gasteiger partial charge in [-0.3, -0.25) is 9.69 Å². The van der Waals surface area contributed by atoms with Gasteiger partial charge in [-0.25, -0.2) is 4.79 Å². The standard InChI is InChI=1S/C23H41NO6/c1-9-10-11-16(19(26)27)14-18-17(15-22(5,6)12-13-25)24(23(7,8)29-18)20(28)30-21(2,3)4/h9-10,16-18,25H,11-15H2,1-8H3,(H,26,27)/t16-,17+,18+/m1/s1. The first kappa shape index (κ1) is 26.4. The molecule has 0 radical (unpaired) electrons. The molecule has 174 valence electrons. The Hall–Kier alpha value is -1.60. The van der Waals surface area contributed by atoms with Crippen molar-refractivity contribution in [1.82, 2.24) is 4.90 Å². The number of amides is 1. The Bertz CT molecular complexity index is 620. The smallest absolute Gasteiger partial charge is 0.412 e. The minimum Gasteiger partial charge on any atom is -0.481 e. The molecular weight excluding hydrogens is 386 g/mol. The SMILES string of the molecule is CC=CC[C@H](C[C@@H]1OC(C)(C)N(C(=O)OC(C)(C)C)[C@H]1CC(C)(C)CCO)C(=O)O. The van der Waals surface area contributed by atoms with Crippen LogP contribution in [-0.2, 0) is 14.3 Å². The molecule has 7 nitrogen and oxygen atoms in total. The fourth-order valence-electron chi connectivity index (χ4n) is 4.02. The number of aliphatic hydroxyl groups excluding tert-OH is 1. The maximum Gasteiger partial charge on any atom is 0.412 e. The van der Waals surface area contributed by atoms with Gasteiger partial charge in [0.15, 0.2) is 0 Å². The van der Waals surface area contributed by atoms with Crippen LogP contribution in [0.15, 0.2) is 12.2 Å². The fourth-order valence-corrected chi connectivity index (χ4v) is 4.02. The molecule has 1 amide bonds. The minimum absolute atomic E-state index is 0.0418. The first-order valence-corrected chi connectivity index (χ1v) is 10.8. The molecule has 7 heteroatoms. The van der Waals surface area contributed by atoms with Gasteiger partial charge in [0.05, 0.1) is 18.1 Å². The Morgan fingerprint density at radius 1 is 1.23 bits per heavy atom. The third kappa shape index (κ3) is 7.58. The number of carbonyl (C=O) groups is 2. The van der Waals surface area contributed by atoms with E-state index in [2.05, 4.69) is 0 Å². The Kier molecular flexibility index (Phi) is 8.93. The number of carboxylic acid groups (broad SMARTS) is 1. The number of hydrogen-bond donors (Lipinski definition) is 2. The molecule has 0 aromatic rings. The van der Waals surface area contributed by atoms with Crippen LogP contribution in [0, 0.1) is 11.3 Å². The lowest BCUT2D eigenvalue weighted by Crippen LogP contribution is -2.51. The zero-order chi connectivity index (χ0) is 23.3. The van der Waals surface area contributed by atoms with E-state index < -0.39 is 35.4 Å². The van der Waals surface area contributed by atoms with Gasteiger partial charge in [-0.1, -0.05) is 26.0 Å². The summed E-state index contributed by atoms with van der Waals surface area (Å²) in [5.41, 5.74) is -1.85. The minimum atomic E-state index is -0.934. The van der Waals surface area contributed by atoms with Crippen LogP contribution in [0.3, 0.4) is 0 Å². The summed E-state index contributed by atoms with van der Waals surface area (Å²) in [5, 5.41) is 19.2. The largest absolute Gasteiger partial charge is 0.481 e. The van der Waals surface area contributed by atoms with Crippen molar-refractivity contribution in [3.8, 4) is 0 Å². The molecule has 0 aliphatic carbocycles. The highest BCUT2D eigenvalue weighted by molar-refractivity contribution is 5.71. The molecule has 1 aliphatic rings. The van der Waals surface area contributed by atoms with Crippen molar-refractivity contribution in [2.24, 2.45) is 11.3 Å². The number of aliphatic carboxylic acids is 1. The van der Waals surface area contributed by atoms with Crippen LogP contribution in [0.2, 0.25) is 0 Å². The highest BCUT2D eigenvalue weighted by atomic mass is 16.6. The van der Waals surface area contributed by atoms with Crippen LogP contribution in [0.1, 0.15) is 81.1 Å². The van der Waals surface area contributed by atoms with Crippen LogP contribution in [0.25, 0.3) is 0 Å². The molecular formula is C23H41NO6. The highest BCUT2D eigenvalue weighted by Crippen LogP contribution is 2.42. The molecule has 1 saturated heterocycles. The number of ether oxygens (including phenoxy) is 2. The normalized spacial score (nSPS) is 23.0. The summed E-state index contributed by atoms with van der Waals surface area (Å²) in [6.07, 6.45) is 4.60. The summed E-state index contributed by atoms with van der Waals surface area (Å²) in [7, 11) is 0. The van der Waals surface area contributed by atoms with Gasteiger partial charge in [-0.2, -0.15) is 0 Å². The van der Waals surface area contributed by atoms with Gasteiger partial charge >= 0.3 is 12.1 Å². The van der Waals surface area contributed by atoms with Gasteiger partial charge in [0.1, 0.15) is 11.3 Å². The summed E-state index contributed by atoms with van der Waals surface area (Å²) in [6.45, 7) is 15.0. The van der Waals surface area contributed by atoms with Crippen LogP contribution < -0.4 is 0 Å². The van der Waals surface area contributed by atoms with E-state index in [0.29, 0.717) is 25.7 Å². The van der Waals surface area contributed by atoms with Crippen LogP contribution in [0.4, 0.5) is 4.79 Å². The summed E-state index contributed by atoms with van der Waals surface area (Å²) < 4.78 is 11.9. The van der Waals surface area contributed by atoms with Crippen molar-refractivity contribution in [3.63, 3.8) is 0 Å². The molecule has 3 atom stereocenters. The lowest BCUT2D eigenvalue weighted by molar-refractivity contribution is -0.144. The van der Waals surface area contributed by atoms with Crippen LogP contribution in [0.5, 0.6) is 0 Å². The van der Waals surface area contributed by atoms with Gasteiger partial charge in [-0.05, 0) is 72.6 Å². The molecule has 1 heterocycles. The van der Waals surface area contributed by atoms with Crippen molar-refractivity contribution < 1.29 is 29.3 Å². The quantitative estimate of drug-likeness (QED) is 0.523. The number of nitrogens with zero attached hydrogens (tertiary/aromatic N) is 1. The predicted octanol–water partition coefficient (Wildman–Crippen LogP) is 4.58. The summed E-state index contributed by atoms with van der Waals surface area (Å²) in [6, 6.07) is -0.358. The van der Waals surface area contributed by atoms with E-state index in [9.17, 15) is 19.8 Å². The van der Waals surface area contributed by atoms with Gasteiger partial charge in [0, 0.05) is 6.61 Å². The topological polar surface area (TPSA) is 96.3 Å². The average molecular weight is 428 g/mol. The van der Waals surface area contributed by atoms with E-state index >= 15 is 0 Å². The van der Waals surface area contributed by atoms with Gasteiger partial charge in [0.25, 0.3) is 0 Å². The number of allylic oxidation sites excluding steroid dienone is 2. The zero-order valence-electron chi connectivity index (χ0n) is 19.9. The van der Waals surface area contributed by atoms with Gasteiger partial charge < -0.3 is 19.7 Å². The van der Waals surface area contributed by atoms with Crippen LogP contribution in [-0.4, -0.2) is 57.3 Å². The lowest BCUT2D eigenvalue weighted by atomic mass is 9.79. The monoisotopic (exact) mass is 427 g/mol. The Morgan fingerprint density at radius 3 is 2.30 bits per heavy atom. The Balaban J connectivity index is 3.27. The second-order valence-electron chi connectivity index (χ2n) is 10.4. The lowest BCUT2D eigenvalue weighted by Gasteiger charge is -2.38. The van der Waals surface area contributed by atoms with E-state index in [1.165, 1.54) is 0 Å². The number of hydrogen-bond acceptors (Lipinski definition) is 5. The summed E-state index contributed by atoms with van der Waals surface area (Å²) in [5.74, 6) is -1.48. The molecule has 0 saturated carbocycles. The van der Waals surface area contributed by atoms with Crippen molar-refractivity contribution >= 4 is 12.1 Å². The first-order chi connectivity index (χ1) is 13.6. The summed E-state index contributed by atoms with van der Waals surface area (Å²) >= 11 is 0. The molecule has 1 aliphatic heterocycles. The van der Waals surface area contributed by atoms with Crippen molar-refractivity contribution in [1.29, 1.82) is 0 Å². The number of rotatable bonds is 9. The molecule has 1 fully saturated rings. The molecule has 0 aromatic carbocycles. The highest BCUT2D eigenvalue weighted by Gasteiger charge is 2.52. The average Bonchev–Trinajstić information content (AvgIpc) is 2.78. The first-order valence-electron chi connectivity index (χ1n) is 10.8. The molecule has 1 rings (SSSR count). The van der Waals surface area contributed by atoms with E-state index in [1.54, 1.807) is 4.90 Å². The predicted molar refractivity (Wildman–Crippen MR) is 116 cm³/mol. The van der Waals surface area contributed by atoms with E-state index in [0.717, 1.165) is 0 Å². The molecule has 2 N–H and O–H groups in total. The van der Waals surface area contributed by atoms with E-state index in [1.807, 2.05) is 67.5 Å². The molecule has 0 unspecified atom stereocenters. The molecule has 30 heavy (non-hydrogen) atoms. The van der Waals surface area contributed by atoms with Crippen molar-refractivity contribution in [3.05, 3.63) is 12.2 Å². The molecule has 0 bridgehead atoms. The fraction of sp³-hybridized carbons (Fsp3) is 0.826. The van der Waals surface area contributed by atoms with Crippen LogP contribution >= 0.6 is 0 Å². The van der Waals surface area contributed by atoms with Crippen molar-refractivity contribution in [2.75, 3.05) is 6.61 Å². The van der Waals surface area contributed by atoms with E-state index in [-0.39, 0.29) is 18.1 Å². The number of aliphatic hydroxyl groups is 1. The Labute approximate surface area is 181 Å². The molecule has 0 aromatic heterocycles. The maximum atomic E-state index is 13.1. The summed E-state index contributed by atoms with van der Waals surface area (Å²) in [4.78, 5) is 26.6. The third-order valence-corrected chi connectivity index (χ3v) is 5.44. The second-order valence-corrected chi connectivity index (χ2v) is 10.4. The Morgan fingerprint density at radius 2 is 1.83 bits per heavy atom. The van der Waals surface area contributed by atoms with Gasteiger partial charge in [-0.15, -0.1) is 0 Å². The van der Waals surface area contributed by atoms with E-state index in [4.69, 9.17) is 9.47 Å². The van der Waals surface area contributed by atoms with Crippen molar-refractivity contribution in [2.45, 2.75) is 105 Å². The molecule has 0 spiro atoms. The zero-order valence-corrected chi connectivity index (χ0v) is 19.9. The maximum absolute atomic E-state index is 13.1. The van der Waals surface area contributed by atoms with Gasteiger partial charge in [0.2, 0.25) is 0 Å².